The van der Waals surface area contributed by atoms with Crippen LogP contribution in [0.2, 0.25) is 0 Å². The summed E-state index contributed by atoms with van der Waals surface area (Å²) >= 11 is 0. The summed E-state index contributed by atoms with van der Waals surface area (Å²) in [5.41, 5.74) is 0.991. The van der Waals surface area contributed by atoms with Crippen molar-refractivity contribution in [1.82, 2.24) is 0 Å². The average molecular weight is 291 g/mol. The second-order valence-electron chi connectivity index (χ2n) is 3.92. The molecule has 108 valence electrons. The Labute approximate surface area is 111 Å². The van der Waals surface area contributed by atoms with Crippen LogP contribution in [0.1, 0.15) is 5.56 Å². The molecule has 0 radical (unpaired) electrons. The molecule has 0 fully saturated rings. The second-order valence-corrected chi connectivity index (χ2v) is 5.50. The minimum absolute atomic E-state index is 0.00517. The van der Waals surface area contributed by atoms with Crippen LogP contribution in [0.15, 0.2) is 30.3 Å². The molecule has 19 heavy (non-hydrogen) atoms. The summed E-state index contributed by atoms with van der Waals surface area (Å²) in [6.07, 6.45) is -1.31. The quantitative estimate of drug-likeness (QED) is 0.451. The van der Waals surface area contributed by atoms with Crippen molar-refractivity contribution in [2.24, 2.45) is 5.90 Å². The van der Waals surface area contributed by atoms with Gasteiger partial charge in [0.05, 0.1) is 19.8 Å². The third-order valence-corrected chi connectivity index (χ3v) is 2.66. The van der Waals surface area contributed by atoms with Crippen LogP contribution in [0.25, 0.3) is 0 Å². The van der Waals surface area contributed by atoms with E-state index in [9.17, 15) is 4.57 Å². The lowest BCUT2D eigenvalue weighted by Crippen LogP contribution is -2.27. The van der Waals surface area contributed by atoms with Crippen LogP contribution in [0.4, 0.5) is 0 Å². The molecule has 0 saturated heterocycles. The van der Waals surface area contributed by atoms with Crippen LogP contribution in [-0.4, -0.2) is 35.5 Å². The molecular formula is C11H18NO6P. The summed E-state index contributed by atoms with van der Waals surface area (Å²) in [7, 11) is -4.21. The van der Waals surface area contributed by atoms with Crippen molar-refractivity contribution in [2.45, 2.75) is 12.7 Å². The Kier molecular flexibility index (Phi) is 7.19. The molecular weight excluding hydrogens is 273 g/mol. The van der Waals surface area contributed by atoms with Crippen LogP contribution in [-0.2, 0) is 25.5 Å². The van der Waals surface area contributed by atoms with Crippen molar-refractivity contribution < 1.29 is 28.7 Å². The number of rotatable bonds is 9. The monoisotopic (exact) mass is 291 g/mol. The van der Waals surface area contributed by atoms with Crippen LogP contribution in [0, 0.1) is 0 Å². The van der Waals surface area contributed by atoms with Gasteiger partial charge in [-0.1, -0.05) is 30.3 Å². The Balaban J connectivity index is 2.31. The van der Waals surface area contributed by atoms with Crippen molar-refractivity contribution in [3.63, 3.8) is 0 Å². The molecule has 0 aliphatic rings. The van der Waals surface area contributed by atoms with Gasteiger partial charge in [0, 0.05) is 0 Å². The fraction of sp³-hybridized carbons (Fsp3) is 0.455. The van der Waals surface area contributed by atoms with E-state index in [2.05, 4.69) is 4.84 Å². The topological polar surface area (TPSA) is 111 Å². The van der Waals surface area contributed by atoms with Gasteiger partial charge in [0.15, 0.2) is 0 Å². The summed E-state index contributed by atoms with van der Waals surface area (Å²) in [5.74, 6) is 4.92. The summed E-state index contributed by atoms with van der Waals surface area (Å²) in [6, 6.07) is 9.50. The highest BCUT2D eigenvalue weighted by Gasteiger charge is 2.18. The third-order valence-electron chi connectivity index (χ3n) is 2.18. The molecule has 0 aromatic heterocycles. The molecule has 1 unspecified atom stereocenters. The smallest absolute Gasteiger partial charge is 0.350 e. The predicted octanol–water partition coefficient (Wildman–Crippen LogP) is 0.614. The first-order valence-electron chi connectivity index (χ1n) is 5.61. The predicted molar refractivity (Wildman–Crippen MR) is 68.0 cm³/mol. The van der Waals surface area contributed by atoms with E-state index in [4.69, 9.17) is 25.2 Å². The molecule has 0 heterocycles. The molecule has 4 N–H and O–H groups in total. The van der Waals surface area contributed by atoms with Crippen LogP contribution in [0.5, 0.6) is 0 Å². The van der Waals surface area contributed by atoms with Crippen molar-refractivity contribution in [3.8, 4) is 0 Å². The zero-order valence-electron chi connectivity index (χ0n) is 10.3. The van der Waals surface area contributed by atoms with E-state index in [1.165, 1.54) is 0 Å². The number of ether oxygens (including phenoxy) is 2. The van der Waals surface area contributed by atoms with Crippen molar-refractivity contribution >= 4 is 7.60 Å². The lowest BCUT2D eigenvalue weighted by Gasteiger charge is -2.17. The SMILES string of the molecule is NOCC(COCc1ccccc1)OCP(=O)(O)O. The Hall–Kier alpha value is -0.790. The van der Waals surface area contributed by atoms with Crippen LogP contribution >= 0.6 is 7.60 Å². The Morgan fingerprint density at radius 3 is 2.47 bits per heavy atom. The van der Waals surface area contributed by atoms with Crippen molar-refractivity contribution in [2.75, 3.05) is 19.6 Å². The van der Waals surface area contributed by atoms with Crippen molar-refractivity contribution in [3.05, 3.63) is 35.9 Å². The van der Waals surface area contributed by atoms with Crippen LogP contribution < -0.4 is 5.90 Å². The zero-order valence-corrected chi connectivity index (χ0v) is 11.2. The molecule has 0 aliphatic heterocycles. The molecule has 0 spiro atoms. The lowest BCUT2D eigenvalue weighted by molar-refractivity contribution is -0.0542. The first-order chi connectivity index (χ1) is 9.01. The zero-order chi connectivity index (χ0) is 14.1. The molecule has 0 aliphatic carbocycles. The highest BCUT2D eigenvalue weighted by atomic mass is 31.2. The molecule has 8 heteroatoms. The Morgan fingerprint density at radius 1 is 1.21 bits per heavy atom. The van der Waals surface area contributed by atoms with Gasteiger partial charge in [0.1, 0.15) is 12.5 Å². The maximum absolute atomic E-state index is 10.7. The summed E-state index contributed by atoms with van der Waals surface area (Å²) in [5, 5.41) is 0. The van der Waals surface area contributed by atoms with E-state index in [1.807, 2.05) is 30.3 Å². The molecule has 0 bridgehead atoms. The van der Waals surface area contributed by atoms with Gasteiger partial charge < -0.3 is 24.1 Å². The van der Waals surface area contributed by atoms with Gasteiger partial charge in [-0.15, -0.1) is 0 Å². The normalized spacial score (nSPS) is 13.4. The summed E-state index contributed by atoms with van der Waals surface area (Å²) in [6.45, 7) is 0.502. The molecule has 0 saturated carbocycles. The summed E-state index contributed by atoms with van der Waals surface area (Å²) < 4.78 is 21.1. The van der Waals surface area contributed by atoms with Crippen LogP contribution in [0.3, 0.4) is 0 Å². The number of hydrogen-bond acceptors (Lipinski definition) is 5. The molecule has 1 aromatic carbocycles. The first-order valence-corrected chi connectivity index (χ1v) is 7.40. The molecule has 7 nitrogen and oxygen atoms in total. The fourth-order valence-electron chi connectivity index (χ4n) is 1.34. The van der Waals surface area contributed by atoms with Gasteiger partial charge in [-0.25, -0.2) is 5.90 Å². The maximum atomic E-state index is 10.7. The number of hydrogen-bond donors (Lipinski definition) is 3. The van der Waals surface area contributed by atoms with E-state index < -0.39 is 20.0 Å². The highest BCUT2D eigenvalue weighted by Crippen LogP contribution is 2.34. The number of benzene rings is 1. The molecule has 1 aromatic rings. The minimum atomic E-state index is -4.21. The van der Waals surface area contributed by atoms with Crippen molar-refractivity contribution in [1.29, 1.82) is 0 Å². The third kappa shape index (κ3) is 8.07. The second kappa shape index (κ2) is 8.39. The van der Waals surface area contributed by atoms with Gasteiger partial charge in [-0.3, -0.25) is 4.57 Å². The summed E-state index contributed by atoms with van der Waals surface area (Å²) in [4.78, 5) is 21.8. The maximum Gasteiger partial charge on any atom is 0.350 e. The number of nitrogens with two attached hydrogens (primary N) is 1. The minimum Gasteiger partial charge on any atom is -0.374 e. The van der Waals surface area contributed by atoms with Gasteiger partial charge in [-0.2, -0.15) is 0 Å². The standard InChI is InChI=1S/C11H18NO6P/c12-18-8-11(17-9-19(13,14)15)7-16-6-10-4-2-1-3-5-10/h1-5,11H,6-9,12H2,(H2,13,14,15). The van der Waals surface area contributed by atoms with E-state index in [0.717, 1.165) is 5.56 Å². The van der Waals surface area contributed by atoms with Gasteiger partial charge >= 0.3 is 7.60 Å². The lowest BCUT2D eigenvalue weighted by atomic mass is 10.2. The van der Waals surface area contributed by atoms with Gasteiger partial charge in [0.2, 0.25) is 0 Å². The van der Waals surface area contributed by atoms with E-state index in [0.29, 0.717) is 6.61 Å². The van der Waals surface area contributed by atoms with E-state index in [-0.39, 0.29) is 13.2 Å². The molecule has 1 atom stereocenters. The van der Waals surface area contributed by atoms with E-state index in [1.54, 1.807) is 0 Å². The fourth-order valence-corrected chi connectivity index (χ4v) is 1.74. The first kappa shape index (κ1) is 16.3. The average Bonchev–Trinajstić information content (AvgIpc) is 2.36. The van der Waals surface area contributed by atoms with Gasteiger partial charge in [0.25, 0.3) is 0 Å². The van der Waals surface area contributed by atoms with Gasteiger partial charge in [-0.05, 0) is 5.56 Å². The largest absolute Gasteiger partial charge is 0.374 e. The van der Waals surface area contributed by atoms with E-state index >= 15 is 0 Å². The Bertz CT molecular complexity index is 395. The highest BCUT2D eigenvalue weighted by molar-refractivity contribution is 7.51. The molecule has 1 rings (SSSR count). The molecule has 0 amide bonds. The Morgan fingerprint density at radius 2 is 1.89 bits per heavy atom.